The zero-order valence-corrected chi connectivity index (χ0v) is 10.7. The molecule has 1 saturated heterocycles. The lowest BCUT2D eigenvalue weighted by Gasteiger charge is -2.30. The third kappa shape index (κ3) is 4.96. The molecule has 0 spiro atoms. The number of hydrogen-bond donors (Lipinski definition) is 1. The van der Waals surface area contributed by atoms with Crippen LogP contribution in [0.5, 0.6) is 0 Å². The molecule has 16 heavy (non-hydrogen) atoms. The van der Waals surface area contributed by atoms with Crippen LogP contribution in [0, 0.1) is 17.2 Å². The van der Waals surface area contributed by atoms with Gasteiger partial charge in [0.05, 0.1) is 12.1 Å². The Bertz CT molecular complexity index is 214. The molecule has 1 rings (SSSR count). The number of likely N-dealkylation sites (tertiary alicyclic amines) is 1. The van der Waals surface area contributed by atoms with E-state index in [9.17, 15) is 0 Å². The van der Waals surface area contributed by atoms with Crippen LogP contribution in [0.1, 0.15) is 39.5 Å². The van der Waals surface area contributed by atoms with Crippen molar-refractivity contribution in [3.63, 3.8) is 0 Å². The molecule has 0 bridgehead atoms. The van der Waals surface area contributed by atoms with Crippen LogP contribution in [0.3, 0.4) is 0 Å². The Labute approximate surface area is 99.8 Å². The van der Waals surface area contributed by atoms with E-state index in [4.69, 9.17) is 5.26 Å². The van der Waals surface area contributed by atoms with Crippen LogP contribution < -0.4 is 5.32 Å². The van der Waals surface area contributed by atoms with E-state index in [1.807, 2.05) is 0 Å². The zero-order chi connectivity index (χ0) is 11.8. The maximum Gasteiger partial charge on any atom is 0.0965 e. The van der Waals surface area contributed by atoms with Gasteiger partial charge in [0.2, 0.25) is 0 Å². The molecule has 1 aliphatic heterocycles. The van der Waals surface area contributed by atoms with Crippen LogP contribution in [0.15, 0.2) is 0 Å². The van der Waals surface area contributed by atoms with Crippen molar-refractivity contribution in [2.75, 3.05) is 26.2 Å². The summed E-state index contributed by atoms with van der Waals surface area (Å²) in [6.45, 7) is 8.92. The Morgan fingerprint density at radius 2 is 2.12 bits per heavy atom. The minimum absolute atomic E-state index is 0.0410. The van der Waals surface area contributed by atoms with Gasteiger partial charge in [-0.05, 0) is 51.2 Å². The lowest BCUT2D eigenvalue weighted by molar-refractivity contribution is 0.187. The van der Waals surface area contributed by atoms with Crippen LogP contribution in [-0.4, -0.2) is 37.1 Å². The molecule has 92 valence electrons. The standard InChI is InChI=1S/C13H25N3/c1-3-7-15-13(11-14)6-10-16-8-4-12(2)5-9-16/h12-13,15H,3-10H2,1-2H3. The molecule has 1 heterocycles. The van der Waals surface area contributed by atoms with Crippen LogP contribution >= 0.6 is 0 Å². The number of nitrogens with one attached hydrogen (secondary N) is 1. The molecule has 1 atom stereocenters. The highest BCUT2D eigenvalue weighted by Gasteiger charge is 2.16. The topological polar surface area (TPSA) is 39.1 Å². The van der Waals surface area contributed by atoms with E-state index in [0.29, 0.717) is 0 Å². The summed E-state index contributed by atoms with van der Waals surface area (Å²) in [5, 5.41) is 12.3. The van der Waals surface area contributed by atoms with Gasteiger partial charge in [0, 0.05) is 6.54 Å². The van der Waals surface area contributed by atoms with Crippen LogP contribution in [0.4, 0.5) is 0 Å². The van der Waals surface area contributed by atoms with Gasteiger partial charge in [0.1, 0.15) is 0 Å². The minimum atomic E-state index is 0.0410. The summed E-state index contributed by atoms with van der Waals surface area (Å²) >= 11 is 0. The minimum Gasteiger partial charge on any atom is -0.303 e. The Morgan fingerprint density at radius 3 is 2.69 bits per heavy atom. The highest BCUT2D eigenvalue weighted by molar-refractivity contribution is 4.90. The van der Waals surface area contributed by atoms with Crippen molar-refractivity contribution in [3.8, 4) is 6.07 Å². The number of nitrogens with zero attached hydrogens (tertiary/aromatic N) is 2. The summed E-state index contributed by atoms with van der Waals surface area (Å²) in [7, 11) is 0. The van der Waals surface area contributed by atoms with Gasteiger partial charge in [-0.1, -0.05) is 13.8 Å². The van der Waals surface area contributed by atoms with Crippen molar-refractivity contribution in [2.24, 2.45) is 5.92 Å². The molecule has 3 nitrogen and oxygen atoms in total. The molecular formula is C13H25N3. The molecule has 1 aliphatic rings. The van der Waals surface area contributed by atoms with Gasteiger partial charge >= 0.3 is 0 Å². The van der Waals surface area contributed by atoms with E-state index in [-0.39, 0.29) is 6.04 Å². The number of nitriles is 1. The first-order chi connectivity index (χ1) is 7.76. The Hall–Kier alpha value is -0.590. The van der Waals surface area contributed by atoms with Crippen LogP contribution in [0.25, 0.3) is 0 Å². The second kappa shape index (κ2) is 7.65. The van der Waals surface area contributed by atoms with E-state index < -0.39 is 0 Å². The predicted molar refractivity (Wildman–Crippen MR) is 67.1 cm³/mol. The summed E-state index contributed by atoms with van der Waals surface area (Å²) in [5.74, 6) is 0.890. The third-order valence-corrected chi connectivity index (χ3v) is 3.41. The van der Waals surface area contributed by atoms with Gasteiger partial charge in [-0.15, -0.1) is 0 Å². The molecule has 1 unspecified atom stereocenters. The Kier molecular flexibility index (Phi) is 6.44. The molecule has 0 amide bonds. The molecule has 1 fully saturated rings. The molecule has 0 aliphatic carbocycles. The largest absolute Gasteiger partial charge is 0.303 e. The van der Waals surface area contributed by atoms with Crippen LogP contribution in [-0.2, 0) is 0 Å². The summed E-state index contributed by atoms with van der Waals surface area (Å²) < 4.78 is 0. The third-order valence-electron chi connectivity index (χ3n) is 3.41. The van der Waals surface area contributed by atoms with Crippen molar-refractivity contribution in [2.45, 2.75) is 45.6 Å². The monoisotopic (exact) mass is 223 g/mol. The number of hydrogen-bond acceptors (Lipinski definition) is 3. The molecular weight excluding hydrogens is 198 g/mol. The number of rotatable bonds is 6. The predicted octanol–water partition coefficient (Wildman–Crippen LogP) is 2.00. The summed E-state index contributed by atoms with van der Waals surface area (Å²) in [5.41, 5.74) is 0. The van der Waals surface area contributed by atoms with Gasteiger partial charge in [-0.25, -0.2) is 0 Å². The molecule has 0 aromatic carbocycles. The summed E-state index contributed by atoms with van der Waals surface area (Å²) in [4.78, 5) is 2.50. The maximum atomic E-state index is 8.99. The van der Waals surface area contributed by atoms with E-state index in [1.165, 1.54) is 25.9 Å². The maximum absolute atomic E-state index is 8.99. The first-order valence-electron chi connectivity index (χ1n) is 6.61. The molecule has 0 saturated carbocycles. The fourth-order valence-corrected chi connectivity index (χ4v) is 2.13. The molecule has 0 aromatic rings. The van der Waals surface area contributed by atoms with Gasteiger partial charge in [0.15, 0.2) is 0 Å². The Balaban J connectivity index is 2.15. The lowest BCUT2D eigenvalue weighted by Crippen LogP contribution is -2.37. The fraction of sp³-hybridized carbons (Fsp3) is 0.923. The van der Waals surface area contributed by atoms with E-state index in [1.54, 1.807) is 0 Å². The quantitative estimate of drug-likeness (QED) is 0.748. The normalized spacial score (nSPS) is 20.6. The summed E-state index contributed by atoms with van der Waals surface area (Å²) in [6.07, 6.45) is 4.70. The smallest absolute Gasteiger partial charge is 0.0965 e. The highest BCUT2D eigenvalue weighted by Crippen LogP contribution is 2.16. The van der Waals surface area contributed by atoms with Crippen molar-refractivity contribution in [3.05, 3.63) is 0 Å². The van der Waals surface area contributed by atoms with Crippen molar-refractivity contribution < 1.29 is 0 Å². The van der Waals surface area contributed by atoms with Crippen molar-refractivity contribution in [1.82, 2.24) is 10.2 Å². The lowest BCUT2D eigenvalue weighted by atomic mass is 9.99. The Morgan fingerprint density at radius 1 is 1.44 bits per heavy atom. The SMILES string of the molecule is CCCNC(C#N)CCN1CCC(C)CC1. The average Bonchev–Trinajstić information content (AvgIpc) is 2.32. The zero-order valence-electron chi connectivity index (χ0n) is 10.7. The van der Waals surface area contributed by atoms with Crippen LogP contribution in [0.2, 0.25) is 0 Å². The second-order valence-corrected chi connectivity index (χ2v) is 4.95. The van der Waals surface area contributed by atoms with E-state index in [0.717, 1.165) is 31.8 Å². The van der Waals surface area contributed by atoms with Crippen molar-refractivity contribution >= 4 is 0 Å². The second-order valence-electron chi connectivity index (χ2n) is 4.95. The number of piperidine rings is 1. The molecule has 0 radical (unpaired) electrons. The van der Waals surface area contributed by atoms with E-state index >= 15 is 0 Å². The molecule has 3 heteroatoms. The summed E-state index contributed by atoms with van der Waals surface area (Å²) in [6, 6.07) is 2.39. The van der Waals surface area contributed by atoms with Crippen molar-refractivity contribution in [1.29, 1.82) is 5.26 Å². The first kappa shape index (κ1) is 13.5. The van der Waals surface area contributed by atoms with Gasteiger partial charge in [0.25, 0.3) is 0 Å². The first-order valence-corrected chi connectivity index (χ1v) is 6.61. The van der Waals surface area contributed by atoms with Gasteiger partial charge < -0.3 is 10.2 Å². The molecule has 0 aromatic heterocycles. The van der Waals surface area contributed by atoms with Gasteiger partial charge in [-0.3, -0.25) is 0 Å². The highest BCUT2D eigenvalue weighted by atomic mass is 15.1. The van der Waals surface area contributed by atoms with E-state index in [2.05, 4.69) is 30.1 Å². The average molecular weight is 223 g/mol. The fourth-order valence-electron chi connectivity index (χ4n) is 2.13. The van der Waals surface area contributed by atoms with Gasteiger partial charge in [-0.2, -0.15) is 5.26 Å². The molecule has 1 N–H and O–H groups in total.